The monoisotopic (exact) mass is 1080 g/mol. The lowest BCUT2D eigenvalue weighted by Crippen LogP contribution is -2.64. The number of H-pyrrole nitrogens is 1. The molecule has 6 heterocycles. The Hall–Kier alpha value is -4.76. The van der Waals surface area contributed by atoms with Gasteiger partial charge in [-0.15, -0.1) is 22.7 Å². The summed E-state index contributed by atoms with van der Waals surface area (Å²) in [7, 11) is -2.47. The van der Waals surface area contributed by atoms with E-state index in [0.29, 0.717) is 55.9 Å². The molecular weight excluding hydrogens is 1000 g/mol. The van der Waals surface area contributed by atoms with Gasteiger partial charge in [0.05, 0.1) is 41.5 Å². The number of amides is 1. The lowest BCUT2D eigenvalue weighted by molar-refractivity contribution is -0.955. The van der Waals surface area contributed by atoms with Crippen LogP contribution in [0.2, 0.25) is 36.3 Å². The lowest BCUT2D eigenvalue weighted by atomic mass is 9.94. The summed E-state index contributed by atoms with van der Waals surface area (Å²) >= 11 is 3.07. The van der Waals surface area contributed by atoms with E-state index in [2.05, 4.69) is 96.5 Å². The Morgan fingerprint density at radius 1 is 0.784 bits per heavy atom. The molecule has 2 bridgehead atoms. The molecule has 3 aromatic heterocycles. The third-order valence-electron chi connectivity index (χ3n) is 16.8. The van der Waals surface area contributed by atoms with Gasteiger partial charge in [0, 0.05) is 42.9 Å². The van der Waals surface area contributed by atoms with Crippen LogP contribution in [0.1, 0.15) is 97.3 Å². The minimum Gasteiger partial charge on any atom is -0.487 e. The lowest BCUT2D eigenvalue weighted by Gasteiger charge is -2.49. The SMILES string of the molecule is CC(C)(C)[Si](C)(C)O[C@@H](CNCc1ccc(C(=O)NCC[N+]2(C)C3CC(OC(=O)C(O[Si](C)(C)C(C)(C)C)(c4cccs4)c4cccs4)CC2C2OC23)cc1)c1ccc(OCc2ccccc2)c2[nH]c(=O)ccc12. The zero-order valence-corrected chi connectivity index (χ0v) is 48.5. The molecule has 1 amide bonds. The van der Waals surface area contributed by atoms with Crippen molar-refractivity contribution in [3.05, 3.63) is 156 Å². The normalized spacial score (nSPS) is 22.3. The number of carbonyl (C=O) groups excluding carboxylic acids is 2. The van der Waals surface area contributed by atoms with E-state index in [1.54, 1.807) is 6.07 Å². The molecule has 3 aliphatic rings. The number of aromatic nitrogens is 1. The third kappa shape index (κ3) is 10.9. The Morgan fingerprint density at radius 3 is 2.01 bits per heavy atom. The summed E-state index contributed by atoms with van der Waals surface area (Å²) < 4.78 is 34.3. The van der Waals surface area contributed by atoms with Crippen molar-refractivity contribution < 1.29 is 37.1 Å². The summed E-state index contributed by atoms with van der Waals surface area (Å²) in [5.41, 5.74) is 2.77. The van der Waals surface area contributed by atoms with Crippen molar-refractivity contribution in [1.82, 2.24) is 15.6 Å². The van der Waals surface area contributed by atoms with Crippen LogP contribution in [0.15, 0.2) is 119 Å². The molecule has 394 valence electrons. The molecule has 0 spiro atoms. The maximum Gasteiger partial charge on any atom is 0.348 e. The van der Waals surface area contributed by atoms with Crippen LogP contribution in [0, 0.1) is 0 Å². The molecule has 0 radical (unpaired) electrons. The smallest absolute Gasteiger partial charge is 0.348 e. The van der Waals surface area contributed by atoms with Crippen molar-refractivity contribution in [2.24, 2.45) is 0 Å². The van der Waals surface area contributed by atoms with Crippen molar-refractivity contribution in [2.75, 3.05) is 26.7 Å². The van der Waals surface area contributed by atoms with Crippen LogP contribution in [0.4, 0.5) is 0 Å². The standard InChI is InChI=1S/C58H74N4O8S2Si2/c1-56(2,3)73(8,9)69-47(42-25-27-46(51-43(42)26-28-50(63)61-51)66-37-39-17-13-12-14-18-39)36-59-35-38-21-23-40(24-22-38)54(64)60-29-30-62(7)44-33-41(34-45(62)53-52(44)68-53)67-55(65)58(48-19-15-31-71-48,49-20-16-32-72-49)70-74(10,11)57(4,5)6/h12-28,31-32,41,44-45,47,52-53,59H,29-30,33-37H2,1-11H3,(H-,60,61,63,64)/p+1/t41?,44?,45?,47-,52?,53?,62?/m0/s1. The van der Waals surface area contributed by atoms with Crippen molar-refractivity contribution in [3.63, 3.8) is 0 Å². The van der Waals surface area contributed by atoms with Crippen LogP contribution in [0.3, 0.4) is 0 Å². The number of benzene rings is 3. The van der Waals surface area contributed by atoms with E-state index >= 15 is 0 Å². The number of hydrogen-bond acceptors (Lipinski definition) is 11. The number of esters is 1. The van der Waals surface area contributed by atoms with E-state index in [1.807, 2.05) is 102 Å². The highest BCUT2D eigenvalue weighted by molar-refractivity contribution is 7.12. The number of rotatable bonds is 20. The molecule has 4 unspecified atom stereocenters. The van der Waals surface area contributed by atoms with Gasteiger partial charge >= 0.3 is 5.97 Å². The average Bonchev–Trinajstić information content (AvgIpc) is 3.60. The topological polar surface area (TPSA) is 141 Å². The predicted octanol–water partition coefficient (Wildman–Crippen LogP) is 11.4. The Balaban J connectivity index is 0.821. The summed E-state index contributed by atoms with van der Waals surface area (Å²) in [5.74, 6) is 0.159. The second-order valence-electron chi connectivity index (χ2n) is 23.8. The molecule has 5 atom stereocenters. The van der Waals surface area contributed by atoms with Gasteiger partial charge in [-0.25, -0.2) is 4.79 Å². The summed E-state index contributed by atoms with van der Waals surface area (Å²) in [6.45, 7) is 24.9. The molecule has 3 saturated heterocycles. The van der Waals surface area contributed by atoms with Crippen LogP contribution in [-0.2, 0) is 41.9 Å². The van der Waals surface area contributed by atoms with Gasteiger partial charge in [0.1, 0.15) is 42.8 Å². The maximum absolute atomic E-state index is 14.9. The van der Waals surface area contributed by atoms with Crippen molar-refractivity contribution in [2.45, 2.75) is 146 Å². The minimum atomic E-state index is -2.49. The molecule has 3 aliphatic heterocycles. The van der Waals surface area contributed by atoms with Gasteiger partial charge in [0.15, 0.2) is 16.6 Å². The highest BCUT2D eigenvalue weighted by Crippen LogP contribution is 2.54. The molecular formula is C58H75N4O8S2Si2+. The van der Waals surface area contributed by atoms with E-state index in [1.165, 1.54) is 22.7 Å². The number of epoxide rings is 1. The van der Waals surface area contributed by atoms with Crippen LogP contribution in [-0.4, -0.2) is 95.1 Å². The number of piperidine rings is 1. The summed E-state index contributed by atoms with van der Waals surface area (Å²) in [6, 6.07) is 33.4. The largest absolute Gasteiger partial charge is 0.487 e. The number of hydrogen-bond donors (Lipinski definition) is 3. The molecule has 6 aromatic rings. The first kappa shape index (κ1) is 54.0. The number of morpholine rings is 1. The Kier molecular flexibility index (Phi) is 15.3. The zero-order chi connectivity index (χ0) is 52.8. The van der Waals surface area contributed by atoms with Gasteiger partial charge in [-0.3, -0.25) is 9.59 Å². The van der Waals surface area contributed by atoms with Crippen LogP contribution in [0.5, 0.6) is 5.75 Å². The van der Waals surface area contributed by atoms with Crippen molar-refractivity contribution in [1.29, 1.82) is 0 Å². The number of carbonyl (C=O) groups is 2. The van der Waals surface area contributed by atoms with Gasteiger partial charge in [0.25, 0.3) is 5.91 Å². The van der Waals surface area contributed by atoms with Gasteiger partial charge in [0.2, 0.25) is 11.2 Å². The first-order valence-electron chi connectivity index (χ1n) is 26.1. The molecule has 9 rings (SSSR count). The molecule has 16 heteroatoms. The fourth-order valence-electron chi connectivity index (χ4n) is 10.4. The number of thiophene rings is 2. The second-order valence-corrected chi connectivity index (χ2v) is 35.1. The molecule has 74 heavy (non-hydrogen) atoms. The average molecular weight is 1080 g/mol. The molecule has 0 aliphatic carbocycles. The Labute approximate surface area is 447 Å². The zero-order valence-electron chi connectivity index (χ0n) is 44.9. The number of nitrogens with one attached hydrogen (secondary N) is 3. The van der Waals surface area contributed by atoms with E-state index in [-0.39, 0.29) is 64.0 Å². The van der Waals surface area contributed by atoms with Gasteiger partial charge in [-0.1, -0.05) is 102 Å². The van der Waals surface area contributed by atoms with Crippen molar-refractivity contribution >= 4 is 62.1 Å². The number of aromatic amines is 1. The number of quaternary nitrogens is 1. The van der Waals surface area contributed by atoms with Crippen LogP contribution < -0.4 is 20.9 Å². The molecule has 0 saturated carbocycles. The quantitative estimate of drug-likeness (QED) is 0.0295. The number of nitrogens with zero attached hydrogens (tertiary/aromatic N) is 1. The number of likely N-dealkylation sites (N-methyl/N-ethyl adjacent to an activating group) is 1. The number of pyridine rings is 1. The number of fused-ring (bicyclic) bond motifs is 6. The first-order valence-corrected chi connectivity index (χ1v) is 33.7. The highest BCUT2D eigenvalue weighted by Gasteiger charge is 2.72. The Bertz CT molecular complexity index is 2920. The molecule has 3 fully saturated rings. The third-order valence-corrected chi connectivity index (χ3v) is 27.7. The van der Waals surface area contributed by atoms with Gasteiger partial charge in [-0.2, -0.15) is 0 Å². The van der Waals surface area contributed by atoms with Gasteiger partial charge in [-0.05, 0) is 100 Å². The summed E-state index contributed by atoms with van der Waals surface area (Å²) in [4.78, 5) is 46.0. The molecule has 3 N–H and O–H groups in total. The van der Waals surface area contributed by atoms with E-state index < -0.39 is 22.2 Å². The molecule has 12 nitrogen and oxygen atoms in total. The predicted molar refractivity (Wildman–Crippen MR) is 301 cm³/mol. The highest BCUT2D eigenvalue weighted by atomic mass is 32.1. The van der Waals surface area contributed by atoms with Crippen molar-refractivity contribution in [3.8, 4) is 5.75 Å². The first-order chi connectivity index (χ1) is 35.0. The number of ether oxygens (including phenoxy) is 3. The van der Waals surface area contributed by atoms with Crippen LogP contribution in [0.25, 0.3) is 10.9 Å². The summed E-state index contributed by atoms with van der Waals surface area (Å²) in [5, 5.41) is 11.6. The van der Waals surface area contributed by atoms with Crippen LogP contribution >= 0.6 is 22.7 Å². The Morgan fingerprint density at radius 2 is 1.42 bits per heavy atom. The fourth-order valence-corrected chi connectivity index (χ4v) is 15.0. The molecule has 3 aromatic carbocycles. The summed E-state index contributed by atoms with van der Waals surface area (Å²) in [6.07, 6.45) is 1.03. The van der Waals surface area contributed by atoms with E-state index in [0.717, 1.165) is 42.9 Å². The van der Waals surface area contributed by atoms with E-state index in [9.17, 15) is 14.4 Å². The van der Waals surface area contributed by atoms with E-state index in [4.69, 9.17) is 23.1 Å². The van der Waals surface area contributed by atoms with Gasteiger partial charge < -0.3 is 43.2 Å². The second kappa shape index (κ2) is 21.0. The minimum absolute atomic E-state index is 0.0321. The fraction of sp³-hybridized carbons (Fsp3) is 0.466. The maximum atomic E-state index is 14.9.